The standard InChI is InChI=1S/C18H14N4OS/c1-10-7-8-24-15(10)13-12(9-19)16(20)23-18-14(13)21-17(22-18)11-5-3-2-4-6-11/h2-8,13H,20H2,1H3,(H,21,22)/p+1. The van der Waals surface area contributed by atoms with Crippen LogP contribution in [0.2, 0.25) is 0 Å². The molecular formula is C18H15N4OS+. The Bertz CT molecular complexity index is 978. The van der Waals surface area contributed by atoms with E-state index < -0.39 is 0 Å². The zero-order valence-electron chi connectivity index (χ0n) is 13.0. The second kappa shape index (κ2) is 5.55. The van der Waals surface area contributed by atoms with Gasteiger partial charge in [-0.1, -0.05) is 18.2 Å². The predicted octanol–water partition coefficient (Wildman–Crippen LogP) is 3.08. The summed E-state index contributed by atoms with van der Waals surface area (Å²) >= 11 is 1.62. The molecule has 0 aliphatic carbocycles. The molecule has 4 rings (SSSR count). The first-order valence-corrected chi connectivity index (χ1v) is 8.39. The first kappa shape index (κ1) is 14.5. The maximum Gasteiger partial charge on any atom is 0.333 e. The molecule has 1 aliphatic heterocycles. The molecule has 1 aliphatic rings. The number of aromatic nitrogens is 2. The highest BCUT2D eigenvalue weighted by atomic mass is 32.1. The van der Waals surface area contributed by atoms with Crippen LogP contribution in [0.1, 0.15) is 22.1 Å². The van der Waals surface area contributed by atoms with Gasteiger partial charge in [0.2, 0.25) is 11.6 Å². The van der Waals surface area contributed by atoms with E-state index in [1.165, 1.54) is 0 Å². The Morgan fingerprint density at radius 3 is 2.75 bits per heavy atom. The second-order valence-electron chi connectivity index (χ2n) is 5.63. The van der Waals surface area contributed by atoms with Gasteiger partial charge in [0.1, 0.15) is 17.6 Å². The number of ether oxygens (including phenoxy) is 1. The zero-order valence-corrected chi connectivity index (χ0v) is 13.8. The van der Waals surface area contributed by atoms with Crippen molar-refractivity contribution in [3.8, 4) is 23.3 Å². The van der Waals surface area contributed by atoms with Crippen LogP contribution < -0.4 is 15.5 Å². The van der Waals surface area contributed by atoms with Crippen LogP contribution in [0.3, 0.4) is 0 Å². The molecule has 24 heavy (non-hydrogen) atoms. The van der Waals surface area contributed by atoms with Crippen molar-refractivity contribution in [1.29, 1.82) is 5.26 Å². The van der Waals surface area contributed by atoms with E-state index >= 15 is 0 Å². The lowest BCUT2D eigenvalue weighted by Gasteiger charge is -2.19. The highest BCUT2D eigenvalue weighted by Crippen LogP contribution is 2.43. The van der Waals surface area contributed by atoms with Crippen molar-refractivity contribution >= 4 is 11.3 Å². The third-order valence-electron chi connectivity index (χ3n) is 4.14. The number of aryl methyl sites for hydroxylation is 1. The third-order valence-corrected chi connectivity index (χ3v) is 5.23. The highest BCUT2D eigenvalue weighted by molar-refractivity contribution is 7.10. The van der Waals surface area contributed by atoms with Crippen LogP contribution in [0, 0.1) is 18.3 Å². The van der Waals surface area contributed by atoms with Gasteiger partial charge in [-0.05, 0) is 36.1 Å². The van der Waals surface area contributed by atoms with Crippen LogP contribution in [-0.2, 0) is 0 Å². The molecule has 6 heteroatoms. The van der Waals surface area contributed by atoms with Gasteiger partial charge >= 0.3 is 5.88 Å². The number of nitrogens with two attached hydrogens (primary N) is 1. The quantitative estimate of drug-likeness (QED) is 0.754. The van der Waals surface area contributed by atoms with Crippen molar-refractivity contribution in [3.05, 3.63) is 69.4 Å². The van der Waals surface area contributed by atoms with E-state index in [1.807, 2.05) is 48.7 Å². The van der Waals surface area contributed by atoms with E-state index in [1.54, 1.807) is 11.3 Å². The van der Waals surface area contributed by atoms with Gasteiger partial charge < -0.3 is 10.5 Å². The van der Waals surface area contributed by atoms with Crippen molar-refractivity contribution in [2.45, 2.75) is 12.8 Å². The van der Waals surface area contributed by atoms with Crippen molar-refractivity contribution < 1.29 is 9.72 Å². The summed E-state index contributed by atoms with van der Waals surface area (Å²) in [5.74, 6) is 1.29. The molecule has 5 nitrogen and oxygen atoms in total. The number of nitrogens with zero attached hydrogens (tertiary/aromatic N) is 1. The summed E-state index contributed by atoms with van der Waals surface area (Å²) < 4.78 is 5.66. The average molecular weight is 335 g/mol. The van der Waals surface area contributed by atoms with E-state index in [4.69, 9.17) is 10.5 Å². The van der Waals surface area contributed by atoms with Gasteiger partial charge in [0.25, 0.3) is 5.82 Å². The number of thiophene rings is 1. The van der Waals surface area contributed by atoms with Gasteiger partial charge in [-0.2, -0.15) is 5.26 Å². The van der Waals surface area contributed by atoms with Gasteiger partial charge in [-0.25, -0.2) is 9.97 Å². The molecule has 0 spiro atoms. The molecule has 1 unspecified atom stereocenters. The lowest BCUT2D eigenvalue weighted by Crippen LogP contribution is -2.23. The van der Waals surface area contributed by atoms with Gasteiger partial charge in [-0.15, -0.1) is 11.3 Å². The molecule has 2 aromatic heterocycles. The number of aromatic amines is 2. The number of fused-ring (bicyclic) bond motifs is 1. The monoisotopic (exact) mass is 335 g/mol. The topological polar surface area (TPSA) is 89.0 Å². The Hall–Kier alpha value is -3.04. The number of imidazole rings is 1. The lowest BCUT2D eigenvalue weighted by atomic mass is 9.92. The van der Waals surface area contributed by atoms with Gasteiger partial charge in [0, 0.05) is 4.88 Å². The first-order chi connectivity index (χ1) is 11.7. The van der Waals surface area contributed by atoms with Crippen molar-refractivity contribution in [1.82, 2.24) is 4.98 Å². The van der Waals surface area contributed by atoms with Crippen LogP contribution in [-0.4, -0.2) is 4.98 Å². The SMILES string of the molecule is Cc1ccsc1C1C(C#N)=C(N)Oc2[nH+]c(-c3ccccc3)[nH]c21. The second-order valence-corrected chi connectivity index (χ2v) is 6.57. The minimum atomic E-state index is -0.243. The molecule has 3 heterocycles. The smallest absolute Gasteiger partial charge is 0.333 e. The largest absolute Gasteiger partial charge is 0.403 e. The summed E-state index contributed by atoms with van der Waals surface area (Å²) in [5, 5.41) is 11.6. The summed E-state index contributed by atoms with van der Waals surface area (Å²) in [6.07, 6.45) is 0. The van der Waals surface area contributed by atoms with E-state index in [-0.39, 0.29) is 11.8 Å². The number of allylic oxidation sites excluding steroid dienone is 1. The zero-order chi connectivity index (χ0) is 16.7. The summed E-state index contributed by atoms with van der Waals surface area (Å²) in [5.41, 5.74) is 9.40. The van der Waals surface area contributed by atoms with Crippen LogP contribution >= 0.6 is 11.3 Å². The molecule has 118 valence electrons. The number of hydrogen-bond acceptors (Lipinski definition) is 4. The van der Waals surface area contributed by atoms with E-state index in [2.05, 4.69) is 16.0 Å². The molecule has 0 radical (unpaired) electrons. The summed E-state index contributed by atoms with van der Waals surface area (Å²) in [6.45, 7) is 2.04. The molecule has 4 N–H and O–H groups in total. The van der Waals surface area contributed by atoms with Gasteiger partial charge in [-0.3, -0.25) is 0 Å². The highest BCUT2D eigenvalue weighted by Gasteiger charge is 2.39. The normalized spacial score (nSPS) is 16.4. The maximum absolute atomic E-state index is 9.58. The molecule has 0 amide bonds. The van der Waals surface area contributed by atoms with E-state index in [9.17, 15) is 5.26 Å². The van der Waals surface area contributed by atoms with Crippen molar-refractivity contribution in [3.63, 3.8) is 0 Å². The fourth-order valence-electron chi connectivity index (χ4n) is 2.95. The Morgan fingerprint density at radius 2 is 2.08 bits per heavy atom. The molecular weight excluding hydrogens is 320 g/mol. The molecule has 1 atom stereocenters. The number of H-pyrrole nitrogens is 2. The fraction of sp³-hybridized carbons (Fsp3) is 0.111. The Morgan fingerprint density at radius 1 is 1.29 bits per heavy atom. The summed E-state index contributed by atoms with van der Waals surface area (Å²) in [4.78, 5) is 7.72. The Balaban J connectivity index is 1.90. The van der Waals surface area contributed by atoms with Crippen LogP contribution in [0.4, 0.5) is 0 Å². The summed E-state index contributed by atoms with van der Waals surface area (Å²) in [7, 11) is 0. The molecule has 0 bridgehead atoms. The number of hydrogen-bond donors (Lipinski definition) is 2. The lowest BCUT2D eigenvalue weighted by molar-refractivity contribution is -0.377. The number of rotatable bonds is 2. The minimum absolute atomic E-state index is 0.151. The van der Waals surface area contributed by atoms with Crippen LogP contribution in [0.5, 0.6) is 5.88 Å². The third kappa shape index (κ3) is 2.18. The Labute approximate surface area is 143 Å². The molecule has 1 aromatic carbocycles. The van der Waals surface area contributed by atoms with E-state index in [0.29, 0.717) is 11.5 Å². The molecule has 0 fully saturated rings. The van der Waals surface area contributed by atoms with Crippen LogP contribution in [0.15, 0.2) is 53.2 Å². The number of benzene rings is 1. The van der Waals surface area contributed by atoms with Gasteiger partial charge in [0.05, 0.1) is 5.56 Å². The van der Waals surface area contributed by atoms with Crippen LogP contribution in [0.25, 0.3) is 11.4 Å². The van der Waals surface area contributed by atoms with Crippen molar-refractivity contribution in [2.24, 2.45) is 5.73 Å². The Kier molecular flexibility index (Phi) is 3.36. The summed E-state index contributed by atoms with van der Waals surface area (Å²) in [6, 6.07) is 14.2. The molecule has 0 saturated heterocycles. The average Bonchev–Trinajstić information content (AvgIpc) is 3.20. The first-order valence-electron chi connectivity index (χ1n) is 7.51. The van der Waals surface area contributed by atoms with Gasteiger partial charge in [0.15, 0.2) is 0 Å². The molecule has 0 saturated carbocycles. The minimum Gasteiger partial charge on any atom is -0.403 e. The van der Waals surface area contributed by atoms with Crippen molar-refractivity contribution in [2.75, 3.05) is 0 Å². The number of nitrogens with one attached hydrogen (secondary N) is 2. The number of nitriles is 1. The predicted molar refractivity (Wildman–Crippen MR) is 91.1 cm³/mol. The maximum atomic E-state index is 9.58. The fourth-order valence-corrected chi connectivity index (χ4v) is 3.99. The van der Waals surface area contributed by atoms with E-state index in [0.717, 1.165) is 27.5 Å². The molecule has 3 aromatic rings.